The Hall–Kier alpha value is -3.06. The van der Waals surface area contributed by atoms with E-state index in [4.69, 9.17) is 0 Å². The van der Waals surface area contributed by atoms with Gasteiger partial charge in [-0.1, -0.05) is 6.07 Å². The molecule has 4 aromatic rings. The number of aryl methyl sites for hydroxylation is 2. The maximum atomic E-state index is 12.6. The number of imidazole rings is 1. The van der Waals surface area contributed by atoms with E-state index in [2.05, 4.69) is 20.3 Å². The fourth-order valence-electron chi connectivity index (χ4n) is 2.67. The number of nitrogens with one attached hydrogen (secondary N) is 1. The molecule has 0 spiro atoms. The second-order valence-corrected chi connectivity index (χ2v) is 6.64. The normalized spacial score (nSPS) is 11.0. The van der Waals surface area contributed by atoms with Crippen LogP contribution < -0.4 is 5.32 Å². The van der Waals surface area contributed by atoms with E-state index in [1.807, 2.05) is 49.6 Å². The number of thiophene rings is 1. The van der Waals surface area contributed by atoms with Crippen molar-refractivity contribution < 1.29 is 4.79 Å². The minimum atomic E-state index is -0.300. The van der Waals surface area contributed by atoms with Gasteiger partial charge in [-0.05, 0) is 43.5 Å². The summed E-state index contributed by atoms with van der Waals surface area (Å²) in [4.78, 5) is 26.7. The van der Waals surface area contributed by atoms with Crippen LogP contribution in [0.4, 0.5) is 5.69 Å². The minimum Gasteiger partial charge on any atom is -0.319 e. The Bertz CT molecular complexity index is 1050. The maximum Gasteiger partial charge on any atom is 0.278 e. The summed E-state index contributed by atoms with van der Waals surface area (Å²) >= 11 is 1.63. The van der Waals surface area contributed by atoms with E-state index in [9.17, 15) is 4.79 Å². The summed E-state index contributed by atoms with van der Waals surface area (Å²) < 4.78 is 1.81. The topological polar surface area (TPSA) is 72.2 Å². The quantitative estimate of drug-likeness (QED) is 0.612. The van der Waals surface area contributed by atoms with Crippen molar-refractivity contribution in [1.82, 2.24) is 19.4 Å². The summed E-state index contributed by atoms with van der Waals surface area (Å²) in [5.41, 5.74) is 4.19. The van der Waals surface area contributed by atoms with Crippen molar-refractivity contribution in [2.45, 2.75) is 13.8 Å². The van der Waals surface area contributed by atoms with Crippen molar-refractivity contribution in [2.24, 2.45) is 0 Å². The maximum absolute atomic E-state index is 12.6. The summed E-state index contributed by atoms with van der Waals surface area (Å²) in [6.07, 6.45) is 3.26. The predicted molar refractivity (Wildman–Crippen MR) is 98.0 cm³/mol. The molecule has 0 bridgehead atoms. The molecule has 4 rings (SSSR count). The number of pyridine rings is 1. The number of aromatic nitrogens is 4. The summed E-state index contributed by atoms with van der Waals surface area (Å²) in [7, 11) is 0. The van der Waals surface area contributed by atoms with E-state index in [0.717, 1.165) is 22.0 Å². The molecule has 0 aliphatic heterocycles. The lowest BCUT2D eigenvalue weighted by atomic mass is 10.3. The third-order valence-corrected chi connectivity index (χ3v) is 4.72. The van der Waals surface area contributed by atoms with Crippen LogP contribution in [0.1, 0.15) is 21.9 Å². The van der Waals surface area contributed by atoms with Crippen molar-refractivity contribution in [3.05, 3.63) is 65.3 Å². The molecule has 0 radical (unpaired) electrons. The van der Waals surface area contributed by atoms with Crippen molar-refractivity contribution in [2.75, 3.05) is 5.32 Å². The number of fused-ring (bicyclic) bond motifs is 1. The highest BCUT2D eigenvalue weighted by molar-refractivity contribution is 7.13. The van der Waals surface area contributed by atoms with Gasteiger partial charge in [-0.25, -0.2) is 9.97 Å². The minimum absolute atomic E-state index is 0.300. The molecule has 0 fully saturated rings. The van der Waals surface area contributed by atoms with E-state index in [1.165, 1.54) is 0 Å². The highest BCUT2D eigenvalue weighted by atomic mass is 32.1. The van der Waals surface area contributed by atoms with Crippen LogP contribution in [0.3, 0.4) is 0 Å². The molecule has 0 atom stereocenters. The first-order valence-electron chi connectivity index (χ1n) is 7.74. The van der Waals surface area contributed by atoms with Crippen LogP contribution in [0.2, 0.25) is 0 Å². The largest absolute Gasteiger partial charge is 0.319 e. The average molecular weight is 349 g/mol. The first kappa shape index (κ1) is 15.5. The fourth-order valence-corrected chi connectivity index (χ4v) is 3.37. The molecular formula is C18H15N5OS. The molecule has 0 saturated carbocycles. The van der Waals surface area contributed by atoms with Crippen LogP contribution in [-0.2, 0) is 0 Å². The molecule has 0 aliphatic rings. The molecule has 7 heteroatoms. The van der Waals surface area contributed by atoms with Crippen LogP contribution in [-0.4, -0.2) is 25.3 Å². The Morgan fingerprint density at radius 2 is 2.08 bits per heavy atom. The van der Waals surface area contributed by atoms with Gasteiger partial charge in [-0.2, -0.15) is 0 Å². The van der Waals surface area contributed by atoms with Crippen LogP contribution >= 0.6 is 11.3 Å². The number of carbonyl (C=O) groups excluding carboxylic acids is 1. The second kappa shape index (κ2) is 6.10. The van der Waals surface area contributed by atoms with Crippen molar-refractivity contribution in [1.29, 1.82) is 0 Å². The van der Waals surface area contributed by atoms with E-state index in [1.54, 1.807) is 28.3 Å². The summed E-state index contributed by atoms with van der Waals surface area (Å²) in [6.45, 7) is 3.85. The lowest BCUT2D eigenvalue weighted by Crippen LogP contribution is -2.13. The van der Waals surface area contributed by atoms with E-state index in [-0.39, 0.29) is 5.91 Å². The van der Waals surface area contributed by atoms with Gasteiger partial charge in [-0.15, -0.1) is 11.3 Å². The number of hydrogen-bond donors (Lipinski definition) is 1. The zero-order valence-corrected chi connectivity index (χ0v) is 14.5. The molecule has 0 aromatic carbocycles. The molecule has 25 heavy (non-hydrogen) atoms. The zero-order valence-electron chi connectivity index (χ0n) is 13.7. The highest BCUT2D eigenvalue weighted by Crippen LogP contribution is 2.23. The fraction of sp³-hybridized carbons (Fsp3) is 0.111. The molecule has 0 saturated heterocycles. The highest BCUT2D eigenvalue weighted by Gasteiger charge is 2.16. The Morgan fingerprint density at radius 1 is 1.20 bits per heavy atom. The van der Waals surface area contributed by atoms with Gasteiger partial charge in [0, 0.05) is 11.4 Å². The molecule has 124 valence electrons. The van der Waals surface area contributed by atoms with Crippen LogP contribution in [0.15, 0.2) is 48.2 Å². The Morgan fingerprint density at radius 3 is 2.80 bits per heavy atom. The van der Waals surface area contributed by atoms with Gasteiger partial charge in [0.15, 0.2) is 11.3 Å². The van der Waals surface area contributed by atoms with Gasteiger partial charge in [0.1, 0.15) is 6.33 Å². The van der Waals surface area contributed by atoms with Gasteiger partial charge >= 0.3 is 0 Å². The number of carbonyl (C=O) groups is 1. The molecule has 0 aliphatic carbocycles. The van der Waals surface area contributed by atoms with E-state index < -0.39 is 0 Å². The molecule has 1 N–H and O–H groups in total. The first-order valence-corrected chi connectivity index (χ1v) is 8.62. The van der Waals surface area contributed by atoms with Crippen molar-refractivity contribution in [3.63, 3.8) is 0 Å². The smallest absolute Gasteiger partial charge is 0.278 e. The molecule has 6 nitrogen and oxygen atoms in total. The third kappa shape index (κ3) is 2.89. The first-order chi connectivity index (χ1) is 12.1. The number of rotatable bonds is 3. The van der Waals surface area contributed by atoms with Gasteiger partial charge in [0.05, 0.1) is 22.5 Å². The Kier molecular flexibility index (Phi) is 3.77. The predicted octanol–water partition coefficient (Wildman–Crippen LogP) is 3.72. The summed E-state index contributed by atoms with van der Waals surface area (Å²) in [5, 5.41) is 4.84. The van der Waals surface area contributed by atoms with Crippen molar-refractivity contribution >= 4 is 28.6 Å². The zero-order chi connectivity index (χ0) is 17.4. The lowest BCUT2D eigenvalue weighted by Gasteiger charge is -2.05. The molecule has 0 unspecified atom stereocenters. The average Bonchev–Trinajstić information content (AvgIpc) is 3.25. The van der Waals surface area contributed by atoms with E-state index in [0.29, 0.717) is 17.0 Å². The van der Waals surface area contributed by atoms with Crippen molar-refractivity contribution in [3.8, 4) is 10.6 Å². The van der Waals surface area contributed by atoms with Gasteiger partial charge < -0.3 is 5.32 Å². The molecule has 1 amide bonds. The molecular weight excluding hydrogens is 334 g/mol. The summed E-state index contributed by atoms with van der Waals surface area (Å²) in [5.74, 6) is -0.300. The molecule has 4 aromatic heterocycles. The van der Waals surface area contributed by atoms with Gasteiger partial charge in [0.25, 0.3) is 5.91 Å². The standard InChI is InChI=1S/C18H15N5OS/c1-11-8-12(2)23-10-20-16(17(23)21-11)18(24)22-13-5-6-14(19-9-13)15-4-3-7-25-15/h3-10H,1-2H3,(H,22,24). The molecule has 4 heterocycles. The number of anilines is 1. The van der Waals surface area contributed by atoms with Gasteiger partial charge in [0.2, 0.25) is 0 Å². The Balaban J connectivity index is 1.60. The summed E-state index contributed by atoms with van der Waals surface area (Å²) in [6, 6.07) is 9.67. The number of nitrogens with zero attached hydrogens (tertiary/aromatic N) is 4. The second-order valence-electron chi connectivity index (χ2n) is 5.69. The number of amides is 1. The Labute approximate surface area is 148 Å². The van der Waals surface area contributed by atoms with Crippen LogP contribution in [0.5, 0.6) is 0 Å². The van der Waals surface area contributed by atoms with Crippen LogP contribution in [0, 0.1) is 13.8 Å². The monoisotopic (exact) mass is 349 g/mol. The number of hydrogen-bond acceptors (Lipinski definition) is 5. The third-order valence-electron chi connectivity index (χ3n) is 3.83. The SMILES string of the molecule is Cc1cc(C)n2cnc(C(=O)Nc3ccc(-c4cccs4)nc3)c2n1. The van der Waals surface area contributed by atoms with Gasteiger partial charge in [-0.3, -0.25) is 14.2 Å². The lowest BCUT2D eigenvalue weighted by molar-refractivity contribution is 0.102. The van der Waals surface area contributed by atoms with E-state index >= 15 is 0 Å². The van der Waals surface area contributed by atoms with Crippen LogP contribution in [0.25, 0.3) is 16.2 Å².